The van der Waals surface area contributed by atoms with E-state index in [2.05, 4.69) is 6.58 Å². The molecule has 9 heteroatoms. The first-order chi connectivity index (χ1) is 16.1. The van der Waals surface area contributed by atoms with Crippen molar-refractivity contribution in [2.24, 2.45) is 0 Å². The molecule has 0 spiro atoms. The summed E-state index contributed by atoms with van der Waals surface area (Å²) in [7, 11) is -3.78. The molecule has 2 aromatic rings. The molecular formula is C25H28Cl2O6S. The van der Waals surface area contributed by atoms with E-state index >= 15 is 0 Å². The van der Waals surface area contributed by atoms with Crippen LogP contribution >= 0.6 is 23.2 Å². The Morgan fingerprint density at radius 3 is 2.29 bits per heavy atom. The number of allylic oxidation sites excluding steroid dienone is 1. The predicted octanol–water partition coefficient (Wildman–Crippen LogP) is 6.36. The predicted molar refractivity (Wildman–Crippen MR) is 134 cm³/mol. The van der Waals surface area contributed by atoms with Gasteiger partial charge in [0.2, 0.25) is 0 Å². The number of unbranched alkanes of at least 4 members (excludes halogenated alkanes) is 2. The van der Waals surface area contributed by atoms with E-state index in [0.29, 0.717) is 31.3 Å². The van der Waals surface area contributed by atoms with Gasteiger partial charge in [-0.15, -0.1) is 0 Å². The summed E-state index contributed by atoms with van der Waals surface area (Å²) in [6, 6.07) is 9.45. The molecule has 184 valence electrons. The van der Waals surface area contributed by atoms with Gasteiger partial charge in [0.05, 0.1) is 16.5 Å². The minimum atomic E-state index is -3.78. The van der Waals surface area contributed by atoms with Crippen LogP contribution in [0, 0.1) is 6.92 Å². The molecule has 0 saturated carbocycles. The summed E-state index contributed by atoms with van der Waals surface area (Å²) in [6.07, 6.45) is 2.45. The van der Waals surface area contributed by atoms with Crippen molar-refractivity contribution in [3.8, 4) is 5.75 Å². The largest absolute Gasteiger partial charge is 0.484 e. The molecule has 0 radical (unpaired) electrons. The number of hydrogen-bond donors (Lipinski definition) is 0. The molecule has 0 aliphatic rings. The summed E-state index contributed by atoms with van der Waals surface area (Å²) in [4.78, 5) is 24.5. The van der Waals surface area contributed by atoms with E-state index < -0.39 is 10.1 Å². The van der Waals surface area contributed by atoms with Gasteiger partial charge in [-0.3, -0.25) is 13.8 Å². The zero-order chi connectivity index (χ0) is 25.3. The van der Waals surface area contributed by atoms with Crippen molar-refractivity contribution in [2.75, 3.05) is 13.2 Å². The molecule has 0 unspecified atom stereocenters. The summed E-state index contributed by atoms with van der Waals surface area (Å²) in [5.74, 6) is -0.207. The second-order valence-corrected chi connectivity index (χ2v) is 10.1. The first kappa shape index (κ1) is 28.1. The topological polar surface area (TPSA) is 86.7 Å². The third kappa shape index (κ3) is 7.94. The van der Waals surface area contributed by atoms with Gasteiger partial charge in [0, 0.05) is 12.0 Å². The first-order valence-corrected chi connectivity index (χ1v) is 13.0. The molecular weight excluding hydrogens is 499 g/mol. The highest BCUT2D eigenvalue weighted by Gasteiger charge is 2.19. The van der Waals surface area contributed by atoms with Gasteiger partial charge in [0.1, 0.15) is 17.4 Å². The summed E-state index contributed by atoms with van der Waals surface area (Å²) < 4.78 is 34.8. The molecule has 0 atom stereocenters. The van der Waals surface area contributed by atoms with Crippen LogP contribution in [-0.2, 0) is 19.1 Å². The quantitative estimate of drug-likeness (QED) is 0.123. The molecule has 0 amide bonds. The Balaban J connectivity index is 1.73. The van der Waals surface area contributed by atoms with Gasteiger partial charge in [-0.2, -0.15) is 8.42 Å². The van der Waals surface area contributed by atoms with Gasteiger partial charge >= 0.3 is 0 Å². The molecule has 0 aliphatic carbocycles. The number of carbonyl (C=O) groups is 2. The van der Waals surface area contributed by atoms with Crippen LogP contribution in [0.25, 0.3) is 0 Å². The third-order valence-corrected chi connectivity index (χ3v) is 7.27. The van der Waals surface area contributed by atoms with Gasteiger partial charge in [-0.1, -0.05) is 60.8 Å². The molecule has 6 nitrogen and oxygen atoms in total. The first-order valence-electron chi connectivity index (χ1n) is 10.9. The van der Waals surface area contributed by atoms with Crippen molar-refractivity contribution in [1.82, 2.24) is 0 Å². The minimum Gasteiger partial charge on any atom is -0.484 e. The van der Waals surface area contributed by atoms with Crippen molar-refractivity contribution >= 4 is 44.9 Å². The number of carbonyl (C=O) groups excluding carboxylic acids is 2. The lowest BCUT2D eigenvalue weighted by atomic mass is 10.0. The maximum absolute atomic E-state index is 12.3. The molecule has 0 fully saturated rings. The molecule has 0 bridgehead atoms. The molecule has 2 rings (SSSR count). The zero-order valence-corrected chi connectivity index (χ0v) is 21.6. The lowest BCUT2D eigenvalue weighted by Gasteiger charge is -2.11. The van der Waals surface area contributed by atoms with Crippen LogP contribution in [0.15, 0.2) is 53.4 Å². The Hall–Kier alpha value is -2.19. The number of aryl methyl sites for hydroxylation is 1. The Labute approximate surface area is 211 Å². The van der Waals surface area contributed by atoms with Gasteiger partial charge in [0.25, 0.3) is 10.1 Å². The van der Waals surface area contributed by atoms with Crippen LogP contribution in [0.3, 0.4) is 0 Å². The lowest BCUT2D eigenvalue weighted by Crippen LogP contribution is -2.12. The van der Waals surface area contributed by atoms with E-state index in [-0.39, 0.29) is 57.5 Å². The van der Waals surface area contributed by atoms with E-state index in [0.717, 1.165) is 5.56 Å². The highest BCUT2D eigenvalue weighted by Crippen LogP contribution is 2.35. The number of hydrogen-bond acceptors (Lipinski definition) is 6. The fraction of sp³-hybridized carbons (Fsp3) is 0.360. The van der Waals surface area contributed by atoms with E-state index in [1.165, 1.54) is 24.3 Å². The standard InChI is InChI=1S/C25H28Cl2O6S/c1-4-18(3)25(29)21-13-14-22(24(27)23(21)26)32-16-19(28)8-6-5-7-15-33-34(30,31)20-11-9-17(2)10-12-20/h9-14H,3-8,15-16H2,1-2H3. The summed E-state index contributed by atoms with van der Waals surface area (Å²) in [6.45, 7) is 7.26. The smallest absolute Gasteiger partial charge is 0.296 e. The maximum atomic E-state index is 12.3. The molecule has 0 N–H and O–H groups in total. The van der Waals surface area contributed by atoms with Gasteiger partial charge in [-0.25, -0.2) is 0 Å². The van der Waals surface area contributed by atoms with Crippen LogP contribution in [0.5, 0.6) is 5.75 Å². The van der Waals surface area contributed by atoms with Crippen molar-refractivity contribution < 1.29 is 26.9 Å². The van der Waals surface area contributed by atoms with Crippen LogP contribution in [0.4, 0.5) is 0 Å². The summed E-state index contributed by atoms with van der Waals surface area (Å²) >= 11 is 12.4. The van der Waals surface area contributed by atoms with Crippen LogP contribution < -0.4 is 4.74 Å². The Kier molecular flexibility index (Phi) is 10.8. The molecule has 2 aromatic carbocycles. The van der Waals surface area contributed by atoms with E-state index in [1.807, 2.05) is 13.8 Å². The number of rotatable bonds is 14. The number of ketones is 2. The van der Waals surface area contributed by atoms with E-state index in [1.54, 1.807) is 12.1 Å². The normalized spacial score (nSPS) is 11.3. The van der Waals surface area contributed by atoms with Gasteiger partial charge < -0.3 is 4.74 Å². The monoisotopic (exact) mass is 526 g/mol. The summed E-state index contributed by atoms with van der Waals surface area (Å²) in [5, 5.41) is 0.128. The van der Waals surface area contributed by atoms with Crippen LogP contribution in [-0.4, -0.2) is 33.2 Å². The Morgan fingerprint density at radius 2 is 1.65 bits per heavy atom. The Morgan fingerprint density at radius 1 is 0.971 bits per heavy atom. The number of benzene rings is 2. The number of ether oxygens (including phenoxy) is 1. The van der Waals surface area contributed by atoms with Gasteiger partial charge in [-0.05, 0) is 56.0 Å². The second kappa shape index (κ2) is 13.0. The molecule has 0 aromatic heterocycles. The van der Waals surface area contributed by atoms with E-state index in [9.17, 15) is 18.0 Å². The van der Waals surface area contributed by atoms with Crippen LogP contribution in [0.2, 0.25) is 10.0 Å². The highest BCUT2D eigenvalue weighted by molar-refractivity contribution is 7.86. The molecule has 0 heterocycles. The molecule has 0 saturated heterocycles. The number of halogens is 2. The highest BCUT2D eigenvalue weighted by atomic mass is 35.5. The van der Waals surface area contributed by atoms with Crippen LogP contribution in [0.1, 0.15) is 54.9 Å². The van der Waals surface area contributed by atoms with Crippen molar-refractivity contribution in [2.45, 2.75) is 50.8 Å². The molecule has 34 heavy (non-hydrogen) atoms. The van der Waals surface area contributed by atoms with E-state index in [4.69, 9.17) is 32.1 Å². The average molecular weight is 527 g/mol. The SMILES string of the molecule is C=C(CC)C(=O)c1ccc(OCC(=O)CCCCCOS(=O)(=O)c2ccc(C)cc2)c(Cl)c1Cl. The lowest BCUT2D eigenvalue weighted by molar-refractivity contribution is -0.121. The molecule has 0 aliphatic heterocycles. The Bertz CT molecular complexity index is 1140. The minimum absolute atomic E-state index is 0.0462. The fourth-order valence-electron chi connectivity index (χ4n) is 2.94. The van der Waals surface area contributed by atoms with Gasteiger partial charge in [0.15, 0.2) is 11.6 Å². The average Bonchev–Trinajstić information content (AvgIpc) is 2.81. The maximum Gasteiger partial charge on any atom is 0.296 e. The number of Topliss-reactive ketones (excluding diaryl/α,β-unsaturated/α-hetero) is 2. The third-order valence-electron chi connectivity index (χ3n) is 5.08. The second-order valence-electron chi connectivity index (χ2n) is 7.75. The van der Waals surface area contributed by atoms with Crippen molar-refractivity contribution in [3.63, 3.8) is 0 Å². The zero-order valence-electron chi connectivity index (χ0n) is 19.2. The van der Waals surface area contributed by atoms with Crippen molar-refractivity contribution in [3.05, 3.63) is 69.7 Å². The fourth-order valence-corrected chi connectivity index (χ4v) is 4.35. The van der Waals surface area contributed by atoms with Crippen molar-refractivity contribution in [1.29, 1.82) is 0 Å². The summed E-state index contributed by atoms with van der Waals surface area (Å²) in [5.41, 5.74) is 1.62.